The van der Waals surface area contributed by atoms with Crippen LogP contribution in [0.4, 0.5) is 0 Å². The molecule has 2 nitrogen and oxygen atoms in total. The molecule has 1 aromatic carbocycles. The average molecular weight is 236 g/mol. The third-order valence-electron chi connectivity index (χ3n) is 2.55. The average Bonchev–Trinajstić information content (AvgIpc) is 2.74. The summed E-state index contributed by atoms with van der Waals surface area (Å²) < 4.78 is 5.27. The lowest BCUT2D eigenvalue weighted by Crippen LogP contribution is -2.10. The summed E-state index contributed by atoms with van der Waals surface area (Å²) in [6.45, 7) is 0. The number of furan rings is 1. The highest BCUT2D eigenvalue weighted by Crippen LogP contribution is 2.21. The molecule has 3 heteroatoms. The lowest BCUT2D eigenvalue weighted by atomic mass is 10.0. The Bertz CT molecular complexity index is 438. The van der Waals surface area contributed by atoms with Gasteiger partial charge in [0.05, 0.1) is 6.04 Å². The first-order valence-electron chi connectivity index (χ1n) is 5.30. The van der Waals surface area contributed by atoms with Crippen LogP contribution in [0.25, 0.3) is 0 Å². The van der Waals surface area contributed by atoms with Gasteiger partial charge in [0.1, 0.15) is 5.76 Å². The summed E-state index contributed by atoms with van der Waals surface area (Å²) in [7, 11) is 0. The van der Waals surface area contributed by atoms with Crippen LogP contribution in [0.2, 0.25) is 5.22 Å². The number of hydrogen-bond donors (Lipinski definition) is 1. The van der Waals surface area contributed by atoms with Gasteiger partial charge in [0.15, 0.2) is 5.22 Å². The highest BCUT2D eigenvalue weighted by atomic mass is 35.5. The van der Waals surface area contributed by atoms with Gasteiger partial charge < -0.3 is 10.2 Å². The number of nitrogens with two attached hydrogens (primary N) is 1. The van der Waals surface area contributed by atoms with E-state index in [4.69, 9.17) is 21.8 Å². The molecule has 2 aromatic rings. The number of benzene rings is 1. The highest BCUT2D eigenvalue weighted by molar-refractivity contribution is 6.28. The van der Waals surface area contributed by atoms with E-state index in [2.05, 4.69) is 12.1 Å². The smallest absolute Gasteiger partial charge is 0.193 e. The van der Waals surface area contributed by atoms with Crippen molar-refractivity contribution in [2.45, 2.75) is 18.9 Å². The maximum atomic E-state index is 6.00. The largest absolute Gasteiger partial charge is 0.448 e. The molecule has 0 saturated heterocycles. The molecular formula is C13H14ClNO. The molecule has 0 bridgehead atoms. The van der Waals surface area contributed by atoms with Gasteiger partial charge in [-0.15, -0.1) is 0 Å². The molecule has 0 saturated carbocycles. The Morgan fingerprint density at radius 1 is 1.12 bits per heavy atom. The fraction of sp³-hybridized carbons (Fsp3) is 0.231. The molecule has 0 radical (unpaired) electrons. The first-order valence-corrected chi connectivity index (χ1v) is 5.68. The Labute approximate surface area is 100 Å². The summed E-state index contributed by atoms with van der Waals surface area (Å²) in [5.41, 5.74) is 7.29. The molecule has 1 heterocycles. The maximum absolute atomic E-state index is 6.00. The van der Waals surface area contributed by atoms with Crippen molar-refractivity contribution in [3.8, 4) is 0 Å². The van der Waals surface area contributed by atoms with Crippen molar-refractivity contribution in [3.05, 3.63) is 59.0 Å². The van der Waals surface area contributed by atoms with E-state index in [1.54, 1.807) is 6.07 Å². The molecule has 0 aliphatic rings. The molecule has 1 atom stereocenters. The zero-order valence-electron chi connectivity index (χ0n) is 8.90. The Morgan fingerprint density at radius 2 is 1.88 bits per heavy atom. The molecule has 16 heavy (non-hydrogen) atoms. The quantitative estimate of drug-likeness (QED) is 0.880. The standard InChI is InChI=1S/C13H14ClNO/c14-13-9-8-12(16-13)11(15)7-6-10-4-2-1-3-5-10/h1-5,8-9,11H,6-7,15H2. The van der Waals surface area contributed by atoms with Crippen LogP contribution in [0.5, 0.6) is 0 Å². The molecule has 0 aliphatic heterocycles. The van der Waals surface area contributed by atoms with Gasteiger partial charge in [-0.25, -0.2) is 0 Å². The van der Waals surface area contributed by atoms with Gasteiger partial charge in [-0.2, -0.15) is 0 Å². The summed E-state index contributed by atoms with van der Waals surface area (Å²) in [6.07, 6.45) is 1.80. The zero-order valence-corrected chi connectivity index (χ0v) is 9.65. The van der Waals surface area contributed by atoms with Crippen LogP contribution in [0, 0.1) is 0 Å². The van der Waals surface area contributed by atoms with Crippen LogP contribution in [-0.2, 0) is 6.42 Å². The Morgan fingerprint density at radius 3 is 2.50 bits per heavy atom. The molecule has 1 aromatic heterocycles. The third-order valence-corrected chi connectivity index (χ3v) is 2.75. The first kappa shape index (κ1) is 11.2. The highest BCUT2D eigenvalue weighted by Gasteiger charge is 2.10. The van der Waals surface area contributed by atoms with E-state index in [0.29, 0.717) is 5.22 Å². The van der Waals surface area contributed by atoms with Gasteiger partial charge in [0.25, 0.3) is 0 Å². The molecule has 1 unspecified atom stereocenters. The molecule has 84 valence electrons. The fourth-order valence-electron chi connectivity index (χ4n) is 1.64. The van der Waals surface area contributed by atoms with Gasteiger partial charge in [-0.1, -0.05) is 30.3 Å². The Balaban J connectivity index is 1.91. The molecule has 2 rings (SSSR count). The Hall–Kier alpha value is -1.25. The normalized spacial score (nSPS) is 12.6. The first-order chi connectivity index (χ1) is 7.75. The van der Waals surface area contributed by atoms with Crippen molar-refractivity contribution in [3.63, 3.8) is 0 Å². The molecule has 0 amide bonds. The minimum absolute atomic E-state index is 0.0901. The van der Waals surface area contributed by atoms with Crippen molar-refractivity contribution in [1.82, 2.24) is 0 Å². The lowest BCUT2D eigenvalue weighted by molar-refractivity contribution is 0.454. The summed E-state index contributed by atoms with van der Waals surface area (Å²) in [5, 5.41) is 0.394. The molecule has 0 spiro atoms. The van der Waals surface area contributed by atoms with E-state index in [1.807, 2.05) is 24.3 Å². The molecule has 0 aliphatic carbocycles. The zero-order chi connectivity index (χ0) is 11.4. The number of aryl methyl sites for hydroxylation is 1. The van der Waals surface area contributed by atoms with Gasteiger partial charge in [0, 0.05) is 0 Å². The summed E-state index contributed by atoms with van der Waals surface area (Å²) >= 11 is 5.70. The lowest BCUT2D eigenvalue weighted by Gasteiger charge is -2.08. The van der Waals surface area contributed by atoms with Gasteiger partial charge >= 0.3 is 0 Å². The van der Waals surface area contributed by atoms with Crippen LogP contribution in [0.15, 0.2) is 46.9 Å². The summed E-state index contributed by atoms with van der Waals surface area (Å²) in [4.78, 5) is 0. The van der Waals surface area contributed by atoms with E-state index >= 15 is 0 Å². The number of halogens is 1. The van der Waals surface area contributed by atoms with E-state index in [9.17, 15) is 0 Å². The minimum atomic E-state index is -0.0901. The predicted octanol–water partition coefficient (Wildman–Crippen LogP) is 3.57. The topological polar surface area (TPSA) is 39.2 Å². The van der Waals surface area contributed by atoms with Crippen LogP contribution >= 0.6 is 11.6 Å². The molecule has 0 fully saturated rings. The van der Waals surface area contributed by atoms with Crippen LogP contribution < -0.4 is 5.73 Å². The van der Waals surface area contributed by atoms with E-state index in [0.717, 1.165) is 18.6 Å². The second-order valence-electron chi connectivity index (χ2n) is 3.77. The Kier molecular flexibility index (Phi) is 3.65. The number of rotatable bonds is 4. The summed E-state index contributed by atoms with van der Waals surface area (Å²) in [6, 6.07) is 13.7. The minimum Gasteiger partial charge on any atom is -0.448 e. The van der Waals surface area contributed by atoms with Crippen LogP contribution in [-0.4, -0.2) is 0 Å². The van der Waals surface area contributed by atoms with Crippen molar-refractivity contribution >= 4 is 11.6 Å². The summed E-state index contributed by atoms with van der Waals surface area (Å²) in [5.74, 6) is 0.751. The molecular weight excluding hydrogens is 222 g/mol. The van der Waals surface area contributed by atoms with E-state index < -0.39 is 0 Å². The number of hydrogen-bond acceptors (Lipinski definition) is 2. The van der Waals surface area contributed by atoms with Crippen LogP contribution in [0.1, 0.15) is 23.8 Å². The van der Waals surface area contributed by atoms with Crippen molar-refractivity contribution < 1.29 is 4.42 Å². The van der Waals surface area contributed by atoms with Crippen molar-refractivity contribution in [1.29, 1.82) is 0 Å². The maximum Gasteiger partial charge on any atom is 0.193 e. The second-order valence-corrected chi connectivity index (χ2v) is 4.15. The van der Waals surface area contributed by atoms with Gasteiger partial charge in [-0.3, -0.25) is 0 Å². The SMILES string of the molecule is NC(CCc1ccccc1)c1ccc(Cl)o1. The van der Waals surface area contributed by atoms with Gasteiger partial charge in [-0.05, 0) is 42.1 Å². The molecule has 2 N–H and O–H groups in total. The third kappa shape index (κ3) is 2.87. The second kappa shape index (κ2) is 5.19. The monoisotopic (exact) mass is 235 g/mol. The predicted molar refractivity (Wildman–Crippen MR) is 65.4 cm³/mol. The van der Waals surface area contributed by atoms with E-state index in [-0.39, 0.29) is 6.04 Å². The van der Waals surface area contributed by atoms with Gasteiger partial charge in [0.2, 0.25) is 0 Å². The van der Waals surface area contributed by atoms with E-state index in [1.165, 1.54) is 5.56 Å². The van der Waals surface area contributed by atoms with Crippen molar-refractivity contribution in [2.75, 3.05) is 0 Å². The van der Waals surface area contributed by atoms with Crippen LogP contribution in [0.3, 0.4) is 0 Å². The fourth-order valence-corrected chi connectivity index (χ4v) is 1.79. The van der Waals surface area contributed by atoms with Crippen molar-refractivity contribution in [2.24, 2.45) is 5.73 Å².